The number of nitrogens with one attached hydrogen (secondary N) is 1. The maximum absolute atomic E-state index is 11.7. The van der Waals surface area contributed by atoms with Gasteiger partial charge in [-0.25, -0.2) is 4.79 Å². The smallest absolute Gasteiger partial charge is 0.335 e. The molecule has 1 aromatic carbocycles. The molecule has 4 N–H and O–H groups in total. The number of carboxylic acids is 1. The third-order valence-corrected chi connectivity index (χ3v) is 2.50. The molecule has 1 rings (SSSR count). The number of aromatic carboxylic acids is 1. The van der Waals surface area contributed by atoms with Crippen LogP contribution in [0.1, 0.15) is 30.6 Å². The van der Waals surface area contributed by atoms with E-state index >= 15 is 0 Å². The molecule has 0 fully saturated rings. The maximum Gasteiger partial charge on any atom is 0.335 e. The molecule has 0 spiro atoms. The van der Waals surface area contributed by atoms with Gasteiger partial charge in [0.05, 0.1) is 5.56 Å². The zero-order valence-corrected chi connectivity index (χ0v) is 11.7. The van der Waals surface area contributed by atoms with Crippen LogP contribution in [0.25, 0.3) is 0 Å². The summed E-state index contributed by atoms with van der Waals surface area (Å²) in [5, 5.41) is 11.5. The Kier molecular flexibility index (Phi) is 4.48. The van der Waals surface area contributed by atoms with E-state index in [4.69, 9.17) is 10.8 Å². The van der Waals surface area contributed by atoms with E-state index in [2.05, 4.69) is 21.2 Å². The van der Waals surface area contributed by atoms with Crippen LogP contribution in [0.5, 0.6) is 0 Å². The average molecular weight is 315 g/mol. The quantitative estimate of drug-likeness (QED) is 0.794. The van der Waals surface area contributed by atoms with Crippen molar-refractivity contribution in [3.8, 4) is 0 Å². The standard InChI is InChI=1S/C12H15BrN2O3/c1-12(2,14)6-10(16)15-9-4-7(11(17)18)3-8(13)5-9/h3-5H,6,14H2,1-2H3,(H,15,16)(H,17,18). The van der Waals surface area contributed by atoms with E-state index in [-0.39, 0.29) is 17.9 Å². The predicted octanol–water partition coefficient (Wildman–Crippen LogP) is 2.21. The number of benzene rings is 1. The van der Waals surface area contributed by atoms with Crippen LogP contribution in [0.15, 0.2) is 22.7 Å². The molecule has 0 radical (unpaired) electrons. The summed E-state index contributed by atoms with van der Waals surface area (Å²) in [6.07, 6.45) is 0.155. The molecule has 1 aromatic rings. The number of nitrogens with two attached hydrogens (primary N) is 1. The Balaban J connectivity index is 2.85. The van der Waals surface area contributed by atoms with E-state index in [1.165, 1.54) is 12.1 Å². The monoisotopic (exact) mass is 314 g/mol. The van der Waals surface area contributed by atoms with Crippen LogP contribution >= 0.6 is 15.9 Å². The number of hydrogen-bond donors (Lipinski definition) is 3. The van der Waals surface area contributed by atoms with Crippen molar-refractivity contribution in [2.24, 2.45) is 5.73 Å². The molecule has 0 aliphatic carbocycles. The fourth-order valence-corrected chi connectivity index (χ4v) is 1.90. The molecule has 0 aliphatic heterocycles. The number of rotatable bonds is 4. The van der Waals surface area contributed by atoms with Crippen molar-refractivity contribution < 1.29 is 14.7 Å². The Labute approximate surface area is 113 Å². The molecule has 0 heterocycles. The normalized spacial score (nSPS) is 11.1. The Hall–Kier alpha value is -1.40. The van der Waals surface area contributed by atoms with E-state index < -0.39 is 11.5 Å². The maximum atomic E-state index is 11.7. The summed E-state index contributed by atoms with van der Waals surface area (Å²) in [5.74, 6) is -1.30. The summed E-state index contributed by atoms with van der Waals surface area (Å²) >= 11 is 3.19. The zero-order valence-electron chi connectivity index (χ0n) is 10.2. The molecule has 1 amide bonds. The molecule has 0 saturated heterocycles. The highest BCUT2D eigenvalue weighted by Gasteiger charge is 2.17. The first-order valence-corrected chi connectivity index (χ1v) is 6.09. The summed E-state index contributed by atoms with van der Waals surface area (Å²) in [6.45, 7) is 3.49. The lowest BCUT2D eigenvalue weighted by molar-refractivity contribution is -0.117. The number of carboxylic acid groups (broad SMARTS) is 1. The summed E-state index contributed by atoms with van der Waals surface area (Å²) in [4.78, 5) is 22.5. The van der Waals surface area contributed by atoms with Gasteiger partial charge in [-0.05, 0) is 32.0 Å². The van der Waals surface area contributed by atoms with Gasteiger partial charge in [0.2, 0.25) is 5.91 Å². The minimum Gasteiger partial charge on any atom is -0.478 e. The average Bonchev–Trinajstić information content (AvgIpc) is 2.12. The number of carbonyl (C=O) groups is 2. The van der Waals surface area contributed by atoms with Gasteiger partial charge in [0.25, 0.3) is 0 Å². The fourth-order valence-electron chi connectivity index (χ4n) is 1.40. The van der Waals surface area contributed by atoms with Crippen molar-refractivity contribution in [2.45, 2.75) is 25.8 Å². The van der Waals surface area contributed by atoms with E-state index in [1.54, 1.807) is 19.9 Å². The third-order valence-electron chi connectivity index (χ3n) is 2.04. The molecular formula is C12H15BrN2O3. The number of halogens is 1. The Morgan fingerprint density at radius 3 is 2.50 bits per heavy atom. The SMILES string of the molecule is CC(C)(N)CC(=O)Nc1cc(Br)cc(C(=O)O)c1. The highest BCUT2D eigenvalue weighted by atomic mass is 79.9. The first kappa shape index (κ1) is 14.7. The topological polar surface area (TPSA) is 92.4 Å². The lowest BCUT2D eigenvalue weighted by Crippen LogP contribution is -2.36. The molecule has 0 bridgehead atoms. The van der Waals surface area contributed by atoms with Gasteiger partial charge in [0, 0.05) is 22.1 Å². The molecule has 0 aromatic heterocycles. The number of carbonyl (C=O) groups excluding carboxylic acids is 1. The fraction of sp³-hybridized carbons (Fsp3) is 0.333. The van der Waals surface area contributed by atoms with Gasteiger partial charge >= 0.3 is 5.97 Å². The van der Waals surface area contributed by atoms with Gasteiger partial charge in [-0.2, -0.15) is 0 Å². The number of anilines is 1. The van der Waals surface area contributed by atoms with Crippen molar-refractivity contribution in [3.05, 3.63) is 28.2 Å². The van der Waals surface area contributed by atoms with Crippen LogP contribution in [0.2, 0.25) is 0 Å². The van der Waals surface area contributed by atoms with Crippen LogP contribution < -0.4 is 11.1 Å². The Morgan fingerprint density at radius 1 is 1.39 bits per heavy atom. The number of amides is 1. The van der Waals surface area contributed by atoms with Crippen molar-refractivity contribution in [1.29, 1.82) is 0 Å². The molecular weight excluding hydrogens is 300 g/mol. The molecule has 0 saturated carbocycles. The van der Waals surface area contributed by atoms with Crippen LogP contribution in [0.3, 0.4) is 0 Å². The van der Waals surface area contributed by atoms with Crippen LogP contribution in [0.4, 0.5) is 5.69 Å². The van der Waals surface area contributed by atoms with Crippen LogP contribution in [0, 0.1) is 0 Å². The third kappa shape index (κ3) is 4.85. The molecule has 18 heavy (non-hydrogen) atoms. The number of hydrogen-bond acceptors (Lipinski definition) is 3. The molecule has 0 unspecified atom stereocenters. The highest BCUT2D eigenvalue weighted by molar-refractivity contribution is 9.10. The first-order valence-electron chi connectivity index (χ1n) is 5.30. The van der Waals surface area contributed by atoms with Crippen molar-refractivity contribution >= 4 is 33.5 Å². The lowest BCUT2D eigenvalue weighted by atomic mass is 10.0. The minimum atomic E-state index is -1.05. The van der Waals surface area contributed by atoms with E-state index in [9.17, 15) is 9.59 Å². The van der Waals surface area contributed by atoms with Crippen LogP contribution in [-0.2, 0) is 4.79 Å². The minimum absolute atomic E-state index is 0.103. The van der Waals surface area contributed by atoms with Gasteiger partial charge in [-0.3, -0.25) is 4.79 Å². The van der Waals surface area contributed by atoms with Crippen molar-refractivity contribution in [2.75, 3.05) is 5.32 Å². The van der Waals surface area contributed by atoms with Gasteiger partial charge in [-0.1, -0.05) is 15.9 Å². The Morgan fingerprint density at radius 2 is 2.00 bits per heavy atom. The second kappa shape index (κ2) is 5.49. The molecule has 6 heteroatoms. The summed E-state index contributed by atoms with van der Waals surface area (Å²) in [6, 6.07) is 4.49. The van der Waals surface area contributed by atoms with E-state index in [0.29, 0.717) is 10.2 Å². The highest BCUT2D eigenvalue weighted by Crippen LogP contribution is 2.20. The van der Waals surface area contributed by atoms with E-state index in [0.717, 1.165) is 0 Å². The molecule has 0 aliphatic rings. The molecule has 0 atom stereocenters. The summed E-state index contributed by atoms with van der Waals surface area (Å²) in [5.41, 5.74) is 5.66. The Bertz CT molecular complexity index is 481. The van der Waals surface area contributed by atoms with Gasteiger partial charge < -0.3 is 16.2 Å². The largest absolute Gasteiger partial charge is 0.478 e. The molecule has 98 valence electrons. The van der Waals surface area contributed by atoms with Crippen molar-refractivity contribution in [1.82, 2.24) is 0 Å². The van der Waals surface area contributed by atoms with Gasteiger partial charge in [0.15, 0.2) is 0 Å². The summed E-state index contributed by atoms with van der Waals surface area (Å²) in [7, 11) is 0. The van der Waals surface area contributed by atoms with Gasteiger partial charge in [-0.15, -0.1) is 0 Å². The second-order valence-electron chi connectivity index (χ2n) is 4.75. The first-order chi connectivity index (χ1) is 8.17. The van der Waals surface area contributed by atoms with E-state index in [1.807, 2.05) is 0 Å². The van der Waals surface area contributed by atoms with Crippen LogP contribution in [-0.4, -0.2) is 22.5 Å². The predicted molar refractivity (Wildman–Crippen MR) is 72.6 cm³/mol. The molecule has 5 nitrogen and oxygen atoms in total. The zero-order chi connectivity index (χ0) is 13.9. The summed E-state index contributed by atoms with van der Waals surface area (Å²) < 4.78 is 0.588. The van der Waals surface area contributed by atoms with Gasteiger partial charge in [0.1, 0.15) is 0 Å². The lowest BCUT2D eigenvalue weighted by Gasteiger charge is -2.17. The van der Waals surface area contributed by atoms with Crippen molar-refractivity contribution in [3.63, 3.8) is 0 Å². The second-order valence-corrected chi connectivity index (χ2v) is 5.66.